The molecule has 1 aliphatic rings. The highest BCUT2D eigenvalue weighted by Gasteiger charge is 2.30. The van der Waals surface area contributed by atoms with Crippen molar-refractivity contribution >= 4 is 11.9 Å². The number of methoxy groups -OCH3 is 2. The van der Waals surface area contributed by atoms with E-state index in [1.165, 1.54) is 5.56 Å². The topological polar surface area (TPSA) is 69.6 Å². The predicted molar refractivity (Wildman–Crippen MR) is 125 cm³/mol. The SMILES string of the molecule is COCCN1C(C)CN(C(=NCC(=O)N(C)C)NCCc2ccc(OC)cc2)CC1C. The van der Waals surface area contributed by atoms with E-state index in [1.54, 1.807) is 33.2 Å². The molecule has 1 aromatic carbocycles. The van der Waals surface area contributed by atoms with E-state index < -0.39 is 0 Å². The van der Waals surface area contributed by atoms with Crippen LogP contribution in [0.2, 0.25) is 0 Å². The molecule has 2 unspecified atom stereocenters. The quantitative estimate of drug-likeness (QED) is 0.468. The number of piperazine rings is 1. The second-order valence-corrected chi connectivity index (χ2v) is 8.29. The first-order chi connectivity index (χ1) is 14.8. The Morgan fingerprint density at radius 3 is 2.35 bits per heavy atom. The van der Waals surface area contributed by atoms with E-state index in [0.717, 1.165) is 50.9 Å². The van der Waals surface area contributed by atoms with Crippen molar-refractivity contribution < 1.29 is 14.3 Å². The van der Waals surface area contributed by atoms with Crippen LogP contribution in [0, 0.1) is 0 Å². The zero-order valence-corrected chi connectivity index (χ0v) is 19.9. The largest absolute Gasteiger partial charge is 0.497 e. The van der Waals surface area contributed by atoms with Crippen LogP contribution < -0.4 is 10.1 Å². The summed E-state index contributed by atoms with van der Waals surface area (Å²) in [6.45, 7) is 8.72. The molecule has 1 fully saturated rings. The molecule has 0 aromatic heterocycles. The van der Waals surface area contributed by atoms with Gasteiger partial charge in [-0.3, -0.25) is 9.69 Å². The molecule has 0 spiro atoms. The standard InChI is InChI=1S/C23H39N5O3/c1-18-16-27(17-19(2)28(18)13-14-30-5)23(25-15-22(29)26(3)4)24-12-11-20-7-9-21(31-6)10-8-20/h7-10,18-19H,11-17H2,1-6H3,(H,24,25). The summed E-state index contributed by atoms with van der Waals surface area (Å²) >= 11 is 0. The van der Waals surface area contributed by atoms with Gasteiger partial charge in [0, 0.05) is 59.5 Å². The number of hydrogen-bond donors (Lipinski definition) is 1. The van der Waals surface area contributed by atoms with Gasteiger partial charge in [-0.25, -0.2) is 4.99 Å². The van der Waals surface area contributed by atoms with Gasteiger partial charge in [-0.05, 0) is 38.0 Å². The van der Waals surface area contributed by atoms with Gasteiger partial charge in [0.05, 0.1) is 13.7 Å². The molecule has 0 bridgehead atoms. The van der Waals surface area contributed by atoms with Gasteiger partial charge in [-0.15, -0.1) is 0 Å². The molecule has 31 heavy (non-hydrogen) atoms. The number of aliphatic imine (C=N–C) groups is 1. The molecule has 1 amide bonds. The van der Waals surface area contributed by atoms with Gasteiger partial charge < -0.3 is 24.6 Å². The lowest BCUT2D eigenvalue weighted by Crippen LogP contribution is -2.60. The van der Waals surface area contributed by atoms with Gasteiger partial charge >= 0.3 is 0 Å². The summed E-state index contributed by atoms with van der Waals surface area (Å²) in [5.74, 6) is 1.65. The summed E-state index contributed by atoms with van der Waals surface area (Å²) in [6.07, 6.45) is 0.865. The van der Waals surface area contributed by atoms with E-state index >= 15 is 0 Å². The van der Waals surface area contributed by atoms with Crippen molar-refractivity contribution in [2.24, 2.45) is 4.99 Å². The van der Waals surface area contributed by atoms with Crippen molar-refractivity contribution in [3.05, 3.63) is 29.8 Å². The number of guanidine groups is 1. The van der Waals surface area contributed by atoms with Gasteiger partial charge in [0.15, 0.2) is 5.96 Å². The molecule has 8 nitrogen and oxygen atoms in total. The van der Waals surface area contributed by atoms with Crippen LogP contribution in [-0.2, 0) is 16.0 Å². The Hall–Kier alpha value is -2.32. The summed E-state index contributed by atoms with van der Waals surface area (Å²) in [4.78, 5) is 23.1. The summed E-state index contributed by atoms with van der Waals surface area (Å²) < 4.78 is 10.5. The van der Waals surface area contributed by atoms with E-state index in [2.05, 4.69) is 46.1 Å². The number of carbonyl (C=O) groups is 1. The Bertz CT molecular complexity index is 696. The summed E-state index contributed by atoms with van der Waals surface area (Å²) in [5.41, 5.74) is 1.23. The third-order valence-electron chi connectivity index (χ3n) is 5.67. The minimum Gasteiger partial charge on any atom is -0.497 e. The van der Waals surface area contributed by atoms with E-state index in [4.69, 9.17) is 9.47 Å². The smallest absolute Gasteiger partial charge is 0.243 e. The highest BCUT2D eigenvalue weighted by atomic mass is 16.5. The van der Waals surface area contributed by atoms with Crippen molar-refractivity contribution in [1.82, 2.24) is 20.0 Å². The first-order valence-electron chi connectivity index (χ1n) is 11.0. The fourth-order valence-corrected chi connectivity index (χ4v) is 3.83. The second kappa shape index (κ2) is 12.5. The van der Waals surface area contributed by atoms with Crippen LogP contribution in [0.1, 0.15) is 19.4 Å². The molecule has 2 rings (SSSR count). The molecule has 1 aliphatic heterocycles. The van der Waals surface area contributed by atoms with Crippen LogP contribution in [0.25, 0.3) is 0 Å². The molecule has 174 valence electrons. The number of benzene rings is 1. The van der Waals surface area contributed by atoms with Gasteiger partial charge in [0.2, 0.25) is 5.91 Å². The zero-order valence-electron chi connectivity index (χ0n) is 19.9. The molecular weight excluding hydrogens is 394 g/mol. The Balaban J connectivity index is 2.03. The molecule has 1 N–H and O–H groups in total. The predicted octanol–water partition coefficient (Wildman–Crippen LogP) is 1.31. The fraction of sp³-hybridized carbons (Fsp3) is 0.652. The first kappa shape index (κ1) is 24.9. The van der Waals surface area contributed by atoms with Crippen molar-refractivity contribution in [3.63, 3.8) is 0 Å². The maximum atomic E-state index is 12.1. The van der Waals surface area contributed by atoms with Gasteiger partial charge in [-0.2, -0.15) is 0 Å². The van der Waals surface area contributed by atoms with Crippen LogP contribution in [0.3, 0.4) is 0 Å². The minimum atomic E-state index is -0.00529. The Morgan fingerprint density at radius 2 is 1.81 bits per heavy atom. The summed E-state index contributed by atoms with van der Waals surface area (Å²) in [7, 11) is 6.93. The molecule has 1 saturated heterocycles. The van der Waals surface area contributed by atoms with Crippen LogP contribution in [0.5, 0.6) is 5.75 Å². The first-order valence-corrected chi connectivity index (χ1v) is 11.0. The average molecular weight is 434 g/mol. The number of nitrogens with zero attached hydrogens (tertiary/aromatic N) is 4. The third kappa shape index (κ3) is 7.70. The monoisotopic (exact) mass is 433 g/mol. The van der Waals surface area contributed by atoms with E-state index in [1.807, 2.05) is 12.1 Å². The maximum absolute atomic E-state index is 12.1. The molecule has 2 atom stereocenters. The Morgan fingerprint density at radius 1 is 1.16 bits per heavy atom. The molecule has 1 aromatic rings. The van der Waals surface area contributed by atoms with Crippen LogP contribution >= 0.6 is 0 Å². The third-order valence-corrected chi connectivity index (χ3v) is 5.67. The number of hydrogen-bond acceptors (Lipinski definition) is 5. The molecule has 8 heteroatoms. The van der Waals surface area contributed by atoms with Gasteiger partial charge in [0.25, 0.3) is 0 Å². The number of rotatable bonds is 9. The number of amides is 1. The number of ether oxygens (including phenoxy) is 2. The molecule has 0 aliphatic carbocycles. The lowest BCUT2D eigenvalue weighted by atomic mass is 10.1. The van der Waals surface area contributed by atoms with E-state index in [0.29, 0.717) is 12.1 Å². The van der Waals surface area contributed by atoms with Crippen LogP contribution in [-0.4, -0.2) is 106 Å². The van der Waals surface area contributed by atoms with Crippen LogP contribution in [0.15, 0.2) is 29.3 Å². The van der Waals surface area contributed by atoms with Crippen molar-refractivity contribution in [2.45, 2.75) is 32.4 Å². The summed E-state index contributed by atoms with van der Waals surface area (Å²) in [6, 6.07) is 8.84. The van der Waals surface area contributed by atoms with Crippen LogP contribution in [0.4, 0.5) is 0 Å². The van der Waals surface area contributed by atoms with Crippen molar-refractivity contribution in [1.29, 1.82) is 0 Å². The molecule has 0 radical (unpaired) electrons. The highest BCUT2D eigenvalue weighted by Crippen LogP contribution is 2.16. The van der Waals surface area contributed by atoms with Gasteiger partial charge in [-0.1, -0.05) is 12.1 Å². The fourth-order valence-electron chi connectivity index (χ4n) is 3.83. The highest BCUT2D eigenvalue weighted by molar-refractivity contribution is 5.85. The summed E-state index contributed by atoms with van der Waals surface area (Å²) in [5, 5.41) is 3.49. The van der Waals surface area contributed by atoms with Gasteiger partial charge in [0.1, 0.15) is 12.3 Å². The molecule has 0 saturated carbocycles. The number of carbonyl (C=O) groups excluding carboxylic acids is 1. The maximum Gasteiger partial charge on any atom is 0.243 e. The Labute approximate surface area is 187 Å². The second-order valence-electron chi connectivity index (χ2n) is 8.29. The lowest BCUT2D eigenvalue weighted by molar-refractivity contribution is -0.127. The minimum absolute atomic E-state index is 0.00529. The molecule has 1 heterocycles. The zero-order chi connectivity index (χ0) is 22.8. The van der Waals surface area contributed by atoms with E-state index in [9.17, 15) is 4.79 Å². The average Bonchev–Trinajstić information content (AvgIpc) is 2.75. The Kier molecular flexibility index (Phi) is 10.1. The molecular formula is C23H39N5O3. The number of likely N-dealkylation sites (N-methyl/N-ethyl adjacent to an activating group) is 1. The lowest BCUT2D eigenvalue weighted by Gasteiger charge is -2.45. The van der Waals surface area contributed by atoms with E-state index in [-0.39, 0.29) is 12.5 Å². The van der Waals surface area contributed by atoms with Crippen molar-refractivity contribution in [3.8, 4) is 5.75 Å². The number of nitrogens with one attached hydrogen (secondary N) is 1. The normalized spacial score (nSPS) is 19.9. The van der Waals surface area contributed by atoms with Crippen molar-refractivity contribution in [2.75, 3.05) is 67.6 Å².